The van der Waals surface area contributed by atoms with Crippen molar-refractivity contribution >= 4 is 29.1 Å². The lowest BCUT2D eigenvalue weighted by Gasteiger charge is -2.25. The third-order valence-electron chi connectivity index (χ3n) is 4.98. The summed E-state index contributed by atoms with van der Waals surface area (Å²) in [7, 11) is 1.54. The minimum Gasteiger partial charge on any atom is -0.507 e. The Labute approximate surface area is 180 Å². The van der Waals surface area contributed by atoms with E-state index in [2.05, 4.69) is 0 Å². The van der Waals surface area contributed by atoms with E-state index in [1.165, 1.54) is 4.90 Å². The van der Waals surface area contributed by atoms with Crippen molar-refractivity contribution in [2.75, 3.05) is 26.9 Å². The number of ether oxygens (including phenoxy) is 2. The van der Waals surface area contributed by atoms with Crippen LogP contribution in [0.3, 0.4) is 0 Å². The number of nitrogens with zero attached hydrogens (tertiary/aromatic N) is 1. The minimum absolute atomic E-state index is 0.0592. The van der Waals surface area contributed by atoms with Gasteiger partial charge in [-0.1, -0.05) is 23.7 Å². The lowest BCUT2D eigenvalue weighted by atomic mass is 9.95. The second-order valence-electron chi connectivity index (χ2n) is 6.82. The number of carbonyl (C=O) groups excluding carboxylic acids is 2. The van der Waals surface area contributed by atoms with Crippen molar-refractivity contribution in [1.29, 1.82) is 0 Å². The molecular formula is C23H24ClNO5. The molecule has 158 valence electrons. The van der Waals surface area contributed by atoms with Crippen molar-refractivity contribution in [3.63, 3.8) is 0 Å². The number of halogens is 1. The molecule has 1 aliphatic heterocycles. The molecule has 2 aromatic carbocycles. The number of aliphatic hydroxyl groups is 1. The van der Waals surface area contributed by atoms with E-state index >= 15 is 0 Å². The van der Waals surface area contributed by atoms with Gasteiger partial charge in [0.15, 0.2) is 0 Å². The SMILES string of the molecule is CCOCCCN1C(=O)C(=O)/C(=C(/O)c2ccc(OC)cc2)C1c1ccc(Cl)cc1. The topological polar surface area (TPSA) is 76.1 Å². The van der Waals surface area contributed by atoms with Crippen LogP contribution in [-0.4, -0.2) is 48.6 Å². The summed E-state index contributed by atoms with van der Waals surface area (Å²) >= 11 is 6.02. The maximum atomic E-state index is 12.9. The first-order valence-electron chi connectivity index (χ1n) is 9.74. The fourth-order valence-corrected chi connectivity index (χ4v) is 3.61. The third kappa shape index (κ3) is 4.50. The molecule has 7 heteroatoms. The van der Waals surface area contributed by atoms with E-state index in [-0.39, 0.29) is 11.3 Å². The Morgan fingerprint density at radius 3 is 2.37 bits per heavy atom. The molecule has 1 unspecified atom stereocenters. The number of Topliss-reactive ketones (excluding diaryl/α,β-unsaturated/α-hetero) is 1. The smallest absolute Gasteiger partial charge is 0.295 e. The van der Waals surface area contributed by atoms with Crippen LogP contribution in [0, 0.1) is 0 Å². The fourth-order valence-electron chi connectivity index (χ4n) is 3.49. The van der Waals surface area contributed by atoms with Crippen LogP contribution in [0.2, 0.25) is 5.02 Å². The minimum atomic E-state index is -0.709. The number of hydrogen-bond acceptors (Lipinski definition) is 5. The number of hydrogen-bond donors (Lipinski definition) is 1. The zero-order valence-corrected chi connectivity index (χ0v) is 17.7. The second-order valence-corrected chi connectivity index (χ2v) is 7.26. The average Bonchev–Trinajstić information content (AvgIpc) is 3.01. The van der Waals surface area contributed by atoms with E-state index in [1.807, 2.05) is 6.92 Å². The van der Waals surface area contributed by atoms with Gasteiger partial charge in [-0.15, -0.1) is 0 Å². The standard InChI is InChI=1S/C23H24ClNO5/c1-3-30-14-4-13-25-20(15-5-9-17(24)10-6-15)19(22(27)23(25)28)21(26)16-7-11-18(29-2)12-8-16/h5-12,20,26H,3-4,13-14H2,1-2H3/b21-19+. The first kappa shape index (κ1) is 21.9. The quantitative estimate of drug-likeness (QED) is 0.294. The van der Waals surface area contributed by atoms with Crippen LogP contribution in [-0.2, 0) is 14.3 Å². The van der Waals surface area contributed by atoms with E-state index in [0.29, 0.717) is 48.1 Å². The molecule has 1 N–H and O–H groups in total. The van der Waals surface area contributed by atoms with Crippen molar-refractivity contribution in [3.05, 3.63) is 70.3 Å². The maximum Gasteiger partial charge on any atom is 0.295 e. The molecule has 0 radical (unpaired) electrons. The van der Waals surface area contributed by atoms with Crippen molar-refractivity contribution in [1.82, 2.24) is 4.90 Å². The van der Waals surface area contributed by atoms with E-state index in [9.17, 15) is 14.7 Å². The van der Waals surface area contributed by atoms with Crippen LogP contribution in [0.15, 0.2) is 54.1 Å². The number of rotatable bonds is 8. The highest BCUT2D eigenvalue weighted by atomic mass is 35.5. The van der Waals surface area contributed by atoms with Crippen LogP contribution in [0.5, 0.6) is 5.75 Å². The molecule has 1 atom stereocenters. The van der Waals surface area contributed by atoms with Crippen molar-refractivity contribution in [2.24, 2.45) is 0 Å². The van der Waals surface area contributed by atoms with Crippen LogP contribution >= 0.6 is 11.6 Å². The highest BCUT2D eigenvalue weighted by molar-refractivity contribution is 6.46. The number of likely N-dealkylation sites (tertiary alicyclic amines) is 1. The first-order valence-corrected chi connectivity index (χ1v) is 10.1. The van der Waals surface area contributed by atoms with E-state index < -0.39 is 17.7 Å². The Kier molecular flexibility index (Phi) is 7.13. The molecule has 3 rings (SSSR count). The molecule has 0 bridgehead atoms. The summed E-state index contributed by atoms with van der Waals surface area (Å²) in [5.74, 6) is -0.943. The monoisotopic (exact) mass is 429 g/mol. The molecule has 1 heterocycles. The van der Waals surface area contributed by atoms with Gasteiger partial charge in [-0.05, 0) is 55.3 Å². The number of benzene rings is 2. The van der Waals surface area contributed by atoms with Gasteiger partial charge >= 0.3 is 0 Å². The van der Waals surface area contributed by atoms with Crippen LogP contribution < -0.4 is 4.74 Å². The number of ketones is 1. The largest absolute Gasteiger partial charge is 0.507 e. The summed E-state index contributed by atoms with van der Waals surface area (Å²) in [5, 5.41) is 11.5. The summed E-state index contributed by atoms with van der Waals surface area (Å²) in [6.45, 7) is 3.29. The molecule has 30 heavy (non-hydrogen) atoms. The Hall–Kier alpha value is -2.83. The highest BCUT2D eigenvalue weighted by Gasteiger charge is 2.45. The van der Waals surface area contributed by atoms with Gasteiger partial charge in [0, 0.05) is 30.3 Å². The molecule has 1 amide bonds. The zero-order chi connectivity index (χ0) is 21.7. The predicted molar refractivity (Wildman–Crippen MR) is 115 cm³/mol. The Morgan fingerprint density at radius 2 is 1.77 bits per heavy atom. The van der Waals surface area contributed by atoms with Gasteiger partial charge in [0.1, 0.15) is 11.5 Å². The molecule has 0 spiro atoms. The zero-order valence-electron chi connectivity index (χ0n) is 16.9. The van der Waals surface area contributed by atoms with Gasteiger partial charge in [0.2, 0.25) is 0 Å². The Bertz CT molecular complexity index is 937. The highest BCUT2D eigenvalue weighted by Crippen LogP contribution is 2.39. The average molecular weight is 430 g/mol. The summed E-state index contributed by atoms with van der Waals surface area (Å²) in [5.41, 5.74) is 1.19. The molecule has 1 aliphatic rings. The van der Waals surface area contributed by atoms with Gasteiger partial charge in [-0.3, -0.25) is 9.59 Å². The number of aliphatic hydroxyl groups excluding tert-OH is 1. The van der Waals surface area contributed by atoms with Gasteiger partial charge < -0.3 is 19.5 Å². The molecule has 0 aliphatic carbocycles. The number of amides is 1. The van der Waals surface area contributed by atoms with E-state index in [1.54, 1.807) is 55.6 Å². The Balaban J connectivity index is 2.04. The normalized spacial score (nSPS) is 18.1. The van der Waals surface area contributed by atoms with E-state index in [4.69, 9.17) is 21.1 Å². The number of methoxy groups -OCH3 is 1. The summed E-state index contributed by atoms with van der Waals surface area (Å²) in [6, 6.07) is 12.9. The molecule has 0 aromatic heterocycles. The van der Waals surface area contributed by atoms with Crippen LogP contribution in [0.4, 0.5) is 0 Å². The molecule has 1 saturated heterocycles. The lowest BCUT2D eigenvalue weighted by Crippen LogP contribution is -2.31. The summed E-state index contributed by atoms with van der Waals surface area (Å²) in [6.07, 6.45) is 0.577. The van der Waals surface area contributed by atoms with Gasteiger partial charge in [-0.25, -0.2) is 0 Å². The van der Waals surface area contributed by atoms with Crippen molar-refractivity contribution < 1.29 is 24.2 Å². The van der Waals surface area contributed by atoms with Crippen molar-refractivity contribution in [3.8, 4) is 5.75 Å². The summed E-state index contributed by atoms with van der Waals surface area (Å²) in [4.78, 5) is 27.2. The van der Waals surface area contributed by atoms with E-state index in [0.717, 1.165) is 0 Å². The molecule has 2 aromatic rings. The second kappa shape index (κ2) is 9.78. The van der Waals surface area contributed by atoms with Crippen molar-refractivity contribution in [2.45, 2.75) is 19.4 Å². The molecule has 1 fully saturated rings. The molecule has 6 nitrogen and oxygen atoms in total. The molecular weight excluding hydrogens is 406 g/mol. The fraction of sp³-hybridized carbons (Fsp3) is 0.304. The number of carbonyl (C=O) groups is 2. The van der Waals surface area contributed by atoms with Gasteiger partial charge in [0.05, 0.1) is 18.7 Å². The predicted octanol–water partition coefficient (Wildman–Crippen LogP) is 4.20. The lowest BCUT2D eigenvalue weighted by molar-refractivity contribution is -0.140. The van der Waals surface area contributed by atoms with Gasteiger partial charge in [0.25, 0.3) is 11.7 Å². The Morgan fingerprint density at radius 1 is 1.10 bits per heavy atom. The van der Waals surface area contributed by atoms with Crippen LogP contribution in [0.1, 0.15) is 30.5 Å². The van der Waals surface area contributed by atoms with Gasteiger partial charge in [-0.2, -0.15) is 0 Å². The van der Waals surface area contributed by atoms with Crippen LogP contribution in [0.25, 0.3) is 5.76 Å². The maximum absolute atomic E-state index is 12.9. The first-order chi connectivity index (χ1) is 14.5. The summed E-state index contributed by atoms with van der Waals surface area (Å²) < 4.78 is 10.5. The molecule has 0 saturated carbocycles. The third-order valence-corrected chi connectivity index (χ3v) is 5.23.